The van der Waals surface area contributed by atoms with Gasteiger partial charge < -0.3 is 4.90 Å². The van der Waals surface area contributed by atoms with Crippen LogP contribution in [0.15, 0.2) is 42.6 Å². The van der Waals surface area contributed by atoms with E-state index in [-0.39, 0.29) is 16.4 Å². The molecule has 0 aliphatic carbocycles. The number of benzene rings is 1. The Morgan fingerprint density at radius 2 is 2.05 bits per heavy atom. The minimum absolute atomic E-state index is 0.0389. The molecular weight excluding hydrogens is 294 g/mol. The van der Waals surface area contributed by atoms with Crippen molar-refractivity contribution < 1.29 is 9.72 Å². The molecule has 1 aromatic carbocycles. The van der Waals surface area contributed by atoms with Crippen LogP contribution in [0.25, 0.3) is 0 Å². The van der Waals surface area contributed by atoms with Crippen LogP contribution in [-0.2, 0) is 6.54 Å². The standard InChI is InChI=1S/C14H12ClN3O3/c1-17(9-10-5-3-2-4-6-10)14(19)11-7-13(15)16-8-12(11)18(20)21/h2-8H,9H2,1H3. The van der Waals surface area contributed by atoms with E-state index in [2.05, 4.69) is 4.98 Å². The Labute approximate surface area is 126 Å². The summed E-state index contributed by atoms with van der Waals surface area (Å²) in [6.07, 6.45) is 0.992. The van der Waals surface area contributed by atoms with Gasteiger partial charge in [0.05, 0.1) is 4.92 Å². The minimum Gasteiger partial charge on any atom is -0.337 e. The van der Waals surface area contributed by atoms with Gasteiger partial charge in [-0.1, -0.05) is 41.9 Å². The number of carbonyl (C=O) groups excluding carboxylic acids is 1. The first kappa shape index (κ1) is 14.9. The molecule has 0 radical (unpaired) electrons. The maximum absolute atomic E-state index is 12.4. The molecule has 2 rings (SSSR count). The van der Waals surface area contributed by atoms with Gasteiger partial charge in [0.15, 0.2) is 0 Å². The van der Waals surface area contributed by atoms with Gasteiger partial charge in [-0.25, -0.2) is 4.98 Å². The first-order chi connectivity index (χ1) is 9.99. The van der Waals surface area contributed by atoms with E-state index >= 15 is 0 Å². The zero-order chi connectivity index (χ0) is 15.4. The summed E-state index contributed by atoms with van der Waals surface area (Å²) in [5, 5.41) is 11.0. The summed E-state index contributed by atoms with van der Waals surface area (Å²) >= 11 is 5.73. The maximum Gasteiger partial charge on any atom is 0.300 e. The lowest BCUT2D eigenvalue weighted by Crippen LogP contribution is -2.27. The molecule has 0 saturated carbocycles. The molecule has 1 aromatic heterocycles. The summed E-state index contributed by atoms with van der Waals surface area (Å²) in [5.41, 5.74) is 0.499. The normalized spacial score (nSPS) is 10.2. The third-order valence-corrected chi connectivity index (χ3v) is 3.09. The third kappa shape index (κ3) is 3.55. The minimum atomic E-state index is -0.646. The summed E-state index contributed by atoms with van der Waals surface area (Å²) in [4.78, 5) is 27.7. The summed E-state index contributed by atoms with van der Waals surface area (Å²) in [6.45, 7) is 0.344. The van der Waals surface area contributed by atoms with E-state index in [0.717, 1.165) is 11.8 Å². The average Bonchev–Trinajstić information content (AvgIpc) is 2.47. The number of hydrogen-bond donors (Lipinski definition) is 0. The van der Waals surface area contributed by atoms with Crippen molar-refractivity contribution in [3.63, 3.8) is 0 Å². The molecule has 0 unspecified atom stereocenters. The molecule has 6 nitrogen and oxygen atoms in total. The molecule has 7 heteroatoms. The molecule has 108 valence electrons. The number of pyridine rings is 1. The van der Waals surface area contributed by atoms with E-state index in [1.54, 1.807) is 7.05 Å². The lowest BCUT2D eigenvalue weighted by atomic mass is 10.1. The number of rotatable bonds is 4. The van der Waals surface area contributed by atoms with E-state index in [1.807, 2.05) is 30.3 Å². The predicted molar refractivity (Wildman–Crippen MR) is 78.1 cm³/mol. The molecule has 2 aromatic rings. The molecule has 0 atom stereocenters. The topological polar surface area (TPSA) is 76.3 Å². The van der Waals surface area contributed by atoms with E-state index in [4.69, 9.17) is 11.6 Å². The number of nitrogens with zero attached hydrogens (tertiary/aromatic N) is 3. The number of amides is 1. The second-order valence-corrected chi connectivity index (χ2v) is 4.82. The lowest BCUT2D eigenvalue weighted by Gasteiger charge is -2.17. The van der Waals surface area contributed by atoms with Gasteiger partial charge in [-0.3, -0.25) is 14.9 Å². The van der Waals surface area contributed by atoms with Crippen LogP contribution in [-0.4, -0.2) is 27.8 Å². The van der Waals surface area contributed by atoms with E-state index in [0.29, 0.717) is 6.54 Å². The van der Waals surface area contributed by atoms with Gasteiger partial charge in [0.1, 0.15) is 16.9 Å². The Bertz CT molecular complexity index is 676. The van der Waals surface area contributed by atoms with E-state index < -0.39 is 10.8 Å². The Kier molecular flexibility index (Phi) is 4.49. The number of aromatic nitrogens is 1. The van der Waals surface area contributed by atoms with Crippen LogP contribution in [0.4, 0.5) is 5.69 Å². The van der Waals surface area contributed by atoms with Gasteiger partial charge in [0.25, 0.3) is 11.6 Å². The molecule has 0 aliphatic heterocycles. The van der Waals surface area contributed by atoms with Gasteiger partial charge in [-0.05, 0) is 11.6 Å². The first-order valence-electron chi connectivity index (χ1n) is 6.08. The van der Waals surface area contributed by atoms with E-state index in [1.165, 1.54) is 11.0 Å². The number of carbonyl (C=O) groups is 1. The molecule has 0 saturated heterocycles. The molecule has 0 N–H and O–H groups in total. The van der Waals surface area contributed by atoms with Gasteiger partial charge in [-0.15, -0.1) is 0 Å². The molecule has 0 spiro atoms. The van der Waals surface area contributed by atoms with Crippen molar-refractivity contribution in [2.75, 3.05) is 7.05 Å². The van der Waals surface area contributed by atoms with Gasteiger partial charge in [-0.2, -0.15) is 0 Å². The Balaban J connectivity index is 2.27. The quantitative estimate of drug-likeness (QED) is 0.494. The molecule has 1 heterocycles. The van der Waals surface area contributed by atoms with Crippen molar-refractivity contribution in [1.29, 1.82) is 0 Å². The van der Waals surface area contributed by atoms with Crippen LogP contribution < -0.4 is 0 Å². The summed E-state index contributed by atoms with van der Waals surface area (Å²) < 4.78 is 0. The summed E-state index contributed by atoms with van der Waals surface area (Å²) in [5.74, 6) is -0.477. The second kappa shape index (κ2) is 6.32. The van der Waals surface area contributed by atoms with Crippen molar-refractivity contribution >= 4 is 23.2 Å². The van der Waals surface area contributed by atoms with Gasteiger partial charge in [0.2, 0.25) is 0 Å². The first-order valence-corrected chi connectivity index (χ1v) is 6.46. The zero-order valence-corrected chi connectivity index (χ0v) is 11.9. The maximum atomic E-state index is 12.4. The Morgan fingerprint density at radius 3 is 2.67 bits per heavy atom. The predicted octanol–water partition coefficient (Wildman–Crippen LogP) is 2.92. The fourth-order valence-electron chi connectivity index (χ4n) is 1.87. The molecule has 0 aliphatic rings. The number of halogens is 1. The van der Waals surface area contributed by atoms with Crippen molar-refractivity contribution in [1.82, 2.24) is 9.88 Å². The molecule has 0 fully saturated rings. The van der Waals surface area contributed by atoms with Gasteiger partial charge in [0, 0.05) is 13.6 Å². The third-order valence-electron chi connectivity index (χ3n) is 2.89. The molecule has 21 heavy (non-hydrogen) atoms. The average molecular weight is 306 g/mol. The van der Waals surface area contributed by atoms with Gasteiger partial charge >= 0.3 is 0 Å². The molecule has 0 bridgehead atoms. The fraction of sp³-hybridized carbons (Fsp3) is 0.143. The van der Waals surface area contributed by atoms with E-state index in [9.17, 15) is 14.9 Å². The highest BCUT2D eigenvalue weighted by molar-refractivity contribution is 6.29. The summed E-state index contributed by atoms with van der Waals surface area (Å²) in [7, 11) is 1.58. The molecule has 1 amide bonds. The van der Waals surface area contributed by atoms with Crippen molar-refractivity contribution in [3.8, 4) is 0 Å². The van der Waals surface area contributed by atoms with Crippen LogP contribution in [0.2, 0.25) is 5.15 Å². The highest BCUT2D eigenvalue weighted by Crippen LogP contribution is 2.22. The van der Waals surface area contributed by atoms with Crippen molar-refractivity contribution in [3.05, 3.63) is 69.0 Å². The van der Waals surface area contributed by atoms with Crippen LogP contribution in [0, 0.1) is 10.1 Å². The van der Waals surface area contributed by atoms with Crippen molar-refractivity contribution in [2.24, 2.45) is 0 Å². The zero-order valence-electron chi connectivity index (χ0n) is 11.2. The van der Waals surface area contributed by atoms with Crippen LogP contribution in [0.5, 0.6) is 0 Å². The van der Waals surface area contributed by atoms with Crippen molar-refractivity contribution in [2.45, 2.75) is 6.54 Å². The van der Waals surface area contributed by atoms with Crippen LogP contribution in [0.3, 0.4) is 0 Å². The van der Waals surface area contributed by atoms with Crippen LogP contribution in [0.1, 0.15) is 15.9 Å². The number of nitro groups is 1. The largest absolute Gasteiger partial charge is 0.337 e. The lowest BCUT2D eigenvalue weighted by molar-refractivity contribution is -0.385. The SMILES string of the molecule is CN(Cc1ccccc1)C(=O)c1cc(Cl)ncc1[N+](=O)[O-]. The highest BCUT2D eigenvalue weighted by Gasteiger charge is 2.24. The fourth-order valence-corrected chi connectivity index (χ4v) is 2.03. The van der Waals surface area contributed by atoms with Crippen LogP contribution >= 0.6 is 11.6 Å². The smallest absolute Gasteiger partial charge is 0.300 e. The monoisotopic (exact) mass is 305 g/mol. The number of hydrogen-bond acceptors (Lipinski definition) is 4. The Hall–Kier alpha value is -2.47. The molecular formula is C14H12ClN3O3. The highest BCUT2D eigenvalue weighted by atomic mass is 35.5. The summed E-state index contributed by atoms with van der Waals surface area (Å²) in [6, 6.07) is 10.6. The Morgan fingerprint density at radius 1 is 1.38 bits per heavy atom. The second-order valence-electron chi connectivity index (χ2n) is 4.43.